The fraction of sp³-hybridized carbons (Fsp3) is 0.667. The summed E-state index contributed by atoms with van der Waals surface area (Å²) in [5, 5.41) is 3.29. The molecule has 5 heteroatoms. The summed E-state index contributed by atoms with van der Waals surface area (Å²) < 4.78 is 4.97. The molecule has 0 aliphatic heterocycles. The molecule has 1 aromatic rings. The van der Waals surface area contributed by atoms with E-state index in [0.717, 1.165) is 25.3 Å². The van der Waals surface area contributed by atoms with Gasteiger partial charge in [0.15, 0.2) is 0 Å². The molecule has 96 valence electrons. The van der Waals surface area contributed by atoms with Crippen molar-refractivity contribution in [2.45, 2.75) is 33.2 Å². The van der Waals surface area contributed by atoms with E-state index in [0.29, 0.717) is 11.4 Å². The first-order chi connectivity index (χ1) is 8.06. The van der Waals surface area contributed by atoms with Crippen molar-refractivity contribution in [3.63, 3.8) is 0 Å². The number of nitrogens with zero attached hydrogens (tertiary/aromatic N) is 1. The van der Waals surface area contributed by atoms with Gasteiger partial charge in [-0.25, -0.2) is 4.98 Å². The zero-order chi connectivity index (χ0) is 12.8. The summed E-state index contributed by atoms with van der Waals surface area (Å²) in [6, 6.07) is 0.00343. The molecular weight excluding hydrogens is 218 g/mol. The van der Waals surface area contributed by atoms with Crippen LogP contribution in [-0.2, 0) is 4.74 Å². The maximum atomic E-state index is 11.8. The number of nitrogens with one attached hydrogen (secondary N) is 2. The van der Waals surface area contributed by atoms with E-state index in [1.54, 1.807) is 14.0 Å². The predicted octanol–water partition coefficient (Wildman–Crippen LogP) is 1.07. The first-order valence-electron chi connectivity index (χ1n) is 5.86. The second-order valence-corrected chi connectivity index (χ2v) is 4.17. The number of methoxy groups -OCH3 is 1. The highest BCUT2D eigenvalue weighted by Crippen LogP contribution is 2.10. The molecule has 1 unspecified atom stereocenters. The minimum absolute atomic E-state index is 0.00343. The molecule has 1 aromatic heterocycles. The number of rotatable bonds is 6. The molecule has 2 N–H and O–H groups in total. The van der Waals surface area contributed by atoms with Crippen LogP contribution in [0.4, 0.5) is 0 Å². The molecule has 0 aliphatic carbocycles. The van der Waals surface area contributed by atoms with Crippen molar-refractivity contribution in [2.75, 3.05) is 20.3 Å². The Morgan fingerprint density at radius 1 is 1.47 bits per heavy atom. The molecule has 17 heavy (non-hydrogen) atoms. The van der Waals surface area contributed by atoms with Gasteiger partial charge in [0, 0.05) is 25.5 Å². The van der Waals surface area contributed by atoms with Crippen LogP contribution in [-0.4, -0.2) is 30.2 Å². The van der Waals surface area contributed by atoms with Crippen LogP contribution < -0.4 is 10.9 Å². The van der Waals surface area contributed by atoms with Crippen LogP contribution in [0.5, 0.6) is 0 Å². The van der Waals surface area contributed by atoms with E-state index in [9.17, 15) is 4.79 Å². The van der Waals surface area contributed by atoms with Gasteiger partial charge in [-0.05, 0) is 33.7 Å². The third-order valence-electron chi connectivity index (χ3n) is 2.67. The van der Waals surface area contributed by atoms with E-state index in [2.05, 4.69) is 15.3 Å². The predicted molar refractivity (Wildman–Crippen MR) is 67.2 cm³/mol. The second-order valence-electron chi connectivity index (χ2n) is 4.17. The molecule has 5 nitrogen and oxygen atoms in total. The highest BCUT2D eigenvalue weighted by atomic mass is 16.5. The average Bonchev–Trinajstić information content (AvgIpc) is 2.23. The summed E-state index contributed by atoms with van der Waals surface area (Å²) in [4.78, 5) is 18.8. The van der Waals surface area contributed by atoms with Gasteiger partial charge in [-0.2, -0.15) is 0 Å². The molecule has 1 heterocycles. The summed E-state index contributed by atoms with van der Waals surface area (Å²) in [6.45, 7) is 7.17. The van der Waals surface area contributed by atoms with E-state index in [1.807, 2.05) is 13.8 Å². The Labute approximate surface area is 102 Å². The average molecular weight is 239 g/mol. The molecule has 0 bridgehead atoms. The highest BCUT2D eigenvalue weighted by molar-refractivity contribution is 5.19. The topological polar surface area (TPSA) is 67.0 Å². The Morgan fingerprint density at radius 3 is 2.76 bits per heavy atom. The third kappa shape index (κ3) is 3.94. The lowest BCUT2D eigenvalue weighted by atomic mass is 10.1. The van der Waals surface area contributed by atoms with Crippen molar-refractivity contribution >= 4 is 0 Å². The van der Waals surface area contributed by atoms with Gasteiger partial charge >= 0.3 is 0 Å². The molecule has 0 saturated heterocycles. The van der Waals surface area contributed by atoms with E-state index in [-0.39, 0.29) is 11.6 Å². The summed E-state index contributed by atoms with van der Waals surface area (Å²) in [5.74, 6) is 0.655. The largest absolute Gasteiger partial charge is 0.385 e. The monoisotopic (exact) mass is 239 g/mol. The van der Waals surface area contributed by atoms with Crippen LogP contribution in [0.3, 0.4) is 0 Å². The Balaban J connectivity index is 2.69. The standard InChI is InChI=1S/C12H21N3O2/c1-8(13-6-5-7-17-4)11-9(2)14-10(3)15-12(11)16/h8,13H,5-7H2,1-4H3,(H,14,15,16). The Hall–Kier alpha value is -1.20. The van der Waals surface area contributed by atoms with Crippen LogP contribution in [0.1, 0.15) is 36.5 Å². The van der Waals surface area contributed by atoms with Gasteiger partial charge in [-0.15, -0.1) is 0 Å². The van der Waals surface area contributed by atoms with Gasteiger partial charge in [-0.3, -0.25) is 4.79 Å². The fourth-order valence-electron chi connectivity index (χ4n) is 1.88. The lowest BCUT2D eigenvalue weighted by Crippen LogP contribution is -2.28. The van der Waals surface area contributed by atoms with Gasteiger partial charge in [0.1, 0.15) is 5.82 Å². The molecule has 0 saturated carbocycles. The minimum Gasteiger partial charge on any atom is -0.385 e. The lowest BCUT2D eigenvalue weighted by Gasteiger charge is -2.15. The summed E-state index contributed by atoms with van der Waals surface area (Å²) in [6.07, 6.45) is 0.928. The quantitative estimate of drug-likeness (QED) is 0.729. The van der Waals surface area contributed by atoms with Crippen LogP contribution in [0.15, 0.2) is 4.79 Å². The number of hydrogen-bond acceptors (Lipinski definition) is 4. The first kappa shape index (κ1) is 13.9. The second kappa shape index (κ2) is 6.51. The molecular formula is C12H21N3O2. The minimum atomic E-state index is -0.0539. The summed E-state index contributed by atoms with van der Waals surface area (Å²) in [5.41, 5.74) is 1.45. The smallest absolute Gasteiger partial charge is 0.255 e. The van der Waals surface area contributed by atoms with Crippen molar-refractivity contribution in [1.82, 2.24) is 15.3 Å². The molecule has 0 radical (unpaired) electrons. The molecule has 0 amide bonds. The Kier molecular flexibility index (Phi) is 5.31. The van der Waals surface area contributed by atoms with Gasteiger partial charge in [0.2, 0.25) is 0 Å². The highest BCUT2D eigenvalue weighted by Gasteiger charge is 2.13. The van der Waals surface area contributed by atoms with Gasteiger partial charge in [0.25, 0.3) is 5.56 Å². The normalized spacial score (nSPS) is 12.7. The third-order valence-corrected chi connectivity index (χ3v) is 2.67. The SMILES string of the molecule is COCCCNC(C)c1c(C)nc(C)[nH]c1=O. The van der Waals surface area contributed by atoms with E-state index in [4.69, 9.17) is 4.74 Å². The molecule has 0 aliphatic rings. The Morgan fingerprint density at radius 2 is 2.18 bits per heavy atom. The van der Waals surface area contributed by atoms with Crippen molar-refractivity contribution in [1.29, 1.82) is 0 Å². The summed E-state index contributed by atoms with van der Waals surface area (Å²) >= 11 is 0. The maximum absolute atomic E-state index is 11.8. The number of aromatic amines is 1. The number of ether oxygens (including phenoxy) is 1. The van der Waals surface area contributed by atoms with Gasteiger partial charge in [-0.1, -0.05) is 0 Å². The van der Waals surface area contributed by atoms with Crippen molar-refractivity contribution in [3.8, 4) is 0 Å². The molecule has 1 rings (SSSR count). The van der Waals surface area contributed by atoms with Crippen LogP contribution in [0.25, 0.3) is 0 Å². The molecule has 0 aromatic carbocycles. The van der Waals surface area contributed by atoms with Gasteiger partial charge in [0.05, 0.1) is 5.56 Å². The number of aromatic nitrogens is 2. The van der Waals surface area contributed by atoms with Crippen LogP contribution in [0, 0.1) is 13.8 Å². The molecule has 0 fully saturated rings. The zero-order valence-corrected chi connectivity index (χ0v) is 11.0. The molecule has 1 atom stereocenters. The van der Waals surface area contributed by atoms with Crippen molar-refractivity contribution in [3.05, 3.63) is 27.4 Å². The van der Waals surface area contributed by atoms with Crippen LogP contribution >= 0.6 is 0 Å². The Bertz CT molecular complexity index is 415. The van der Waals surface area contributed by atoms with Crippen molar-refractivity contribution < 1.29 is 4.74 Å². The van der Waals surface area contributed by atoms with E-state index < -0.39 is 0 Å². The fourth-order valence-corrected chi connectivity index (χ4v) is 1.88. The maximum Gasteiger partial charge on any atom is 0.255 e. The molecule has 0 spiro atoms. The van der Waals surface area contributed by atoms with Crippen LogP contribution in [0.2, 0.25) is 0 Å². The van der Waals surface area contributed by atoms with Gasteiger partial charge < -0.3 is 15.0 Å². The van der Waals surface area contributed by atoms with E-state index >= 15 is 0 Å². The first-order valence-corrected chi connectivity index (χ1v) is 5.86. The zero-order valence-electron chi connectivity index (χ0n) is 11.0. The number of H-pyrrole nitrogens is 1. The number of aryl methyl sites for hydroxylation is 2. The van der Waals surface area contributed by atoms with E-state index in [1.165, 1.54) is 0 Å². The summed E-state index contributed by atoms with van der Waals surface area (Å²) in [7, 11) is 1.68. The number of hydrogen-bond donors (Lipinski definition) is 2. The van der Waals surface area contributed by atoms with Crippen molar-refractivity contribution in [2.24, 2.45) is 0 Å². The lowest BCUT2D eigenvalue weighted by molar-refractivity contribution is 0.193.